The van der Waals surface area contributed by atoms with E-state index in [1.807, 2.05) is 18.3 Å². The summed E-state index contributed by atoms with van der Waals surface area (Å²) in [6, 6.07) is 3.97. The number of nitrogens with zero attached hydrogens (tertiary/aromatic N) is 2. The van der Waals surface area contributed by atoms with Gasteiger partial charge in [0.1, 0.15) is 5.82 Å². The van der Waals surface area contributed by atoms with Crippen LogP contribution in [0.1, 0.15) is 19.4 Å². The summed E-state index contributed by atoms with van der Waals surface area (Å²) in [4.78, 5) is 18.6. The predicted molar refractivity (Wildman–Crippen MR) is 91.6 cm³/mol. The monoisotopic (exact) mass is 334 g/mol. The number of carbonyl (C=O) groups is 1. The molecule has 4 N–H and O–H groups in total. The number of nitrogens with one attached hydrogen (secondary N) is 4. The minimum Gasteiger partial charge on any atom is -0.372 e. The summed E-state index contributed by atoms with van der Waals surface area (Å²) in [5, 5.41) is 5.76. The fourth-order valence-electron chi connectivity index (χ4n) is 3.06. The Bertz CT molecular complexity index is 536. The third-order valence-corrected chi connectivity index (χ3v) is 4.16. The molecule has 8 nitrogen and oxygen atoms in total. The van der Waals surface area contributed by atoms with Gasteiger partial charge in [0.2, 0.25) is 0 Å². The largest absolute Gasteiger partial charge is 0.372 e. The summed E-state index contributed by atoms with van der Waals surface area (Å²) in [6.07, 6.45) is 2.24. The minimum absolute atomic E-state index is 0.121. The van der Waals surface area contributed by atoms with Crippen molar-refractivity contribution in [2.24, 2.45) is 0 Å². The van der Waals surface area contributed by atoms with Gasteiger partial charge in [-0.25, -0.2) is 9.78 Å². The molecule has 132 valence electrons. The molecule has 0 spiro atoms. The van der Waals surface area contributed by atoms with Gasteiger partial charge in [0.05, 0.1) is 18.2 Å². The second-order valence-electron chi connectivity index (χ2n) is 6.47. The van der Waals surface area contributed by atoms with E-state index in [1.165, 1.54) is 0 Å². The first-order valence-electron chi connectivity index (χ1n) is 8.45. The summed E-state index contributed by atoms with van der Waals surface area (Å²) in [5.74, 6) is 0.952. The highest BCUT2D eigenvalue weighted by Crippen LogP contribution is 2.18. The number of anilines is 1. The second kappa shape index (κ2) is 7.78. The summed E-state index contributed by atoms with van der Waals surface area (Å²) >= 11 is 0. The van der Waals surface area contributed by atoms with Gasteiger partial charge >= 0.3 is 6.03 Å². The Labute approximate surface area is 142 Å². The zero-order chi connectivity index (χ0) is 16.9. The van der Waals surface area contributed by atoms with Gasteiger partial charge in [0.25, 0.3) is 0 Å². The number of morpholine rings is 1. The maximum Gasteiger partial charge on any atom is 0.315 e. The predicted octanol–water partition coefficient (Wildman–Crippen LogP) is -0.0292. The molecule has 0 aliphatic carbocycles. The quantitative estimate of drug-likeness (QED) is 0.618. The normalized spacial score (nSPS) is 24.8. The van der Waals surface area contributed by atoms with Crippen LogP contribution in [-0.2, 0) is 11.3 Å². The lowest BCUT2D eigenvalue weighted by atomic mass is 10.2. The topological polar surface area (TPSA) is 90.6 Å². The Morgan fingerprint density at radius 2 is 2.00 bits per heavy atom. The van der Waals surface area contributed by atoms with Crippen LogP contribution < -0.4 is 26.4 Å². The van der Waals surface area contributed by atoms with Gasteiger partial charge in [-0.05, 0) is 25.5 Å². The lowest BCUT2D eigenvalue weighted by molar-refractivity contribution is -0.00546. The fourth-order valence-corrected chi connectivity index (χ4v) is 3.06. The van der Waals surface area contributed by atoms with E-state index >= 15 is 0 Å². The first-order chi connectivity index (χ1) is 11.6. The zero-order valence-electron chi connectivity index (χ0n) is 14.2. The van der Waals surface area contributed by atoms with Crippen LogP contribution in [0.4, 0.5) is 10.6 Å². The smallest absolute Gasteiger partial charge is 0.315 e. The molecule has 1 aromatic heterocycles. The van der Waals surface area contributed by atoms with Crippen LogP contribution in [0.2, 0.25) is 0 Å². The number of hydrogen-bond donors (Lipinski definition) is 4. The van der Waals surface area contributed by atoms with Crippen molar-refractivity contribution in [3.8, 4) is 0 Å². The van der Waals surface area contributed by atoms with Crippen molar-refractivity contribution in [2.45, 2.75) is 38.6 Å². The molecule has 2 saturated heterocycles. The van der Waals surface area contributed by atoms with Crippen LogP contribution in [-0.4, -0.2) is 55.4 Å². The first-order valence-corrected chi connectivity index (χ1v) is 8.45. The van der Waals surface area contributed by atoms with Gasteiger partial charge in [-0.3, -0.25) is 10.9 Å². The van der Waals surface area contributed by atoms with Crippen LogP contribution >= 0.6 is 0 Å². The Balaban J connectivity index is 1.48. The molecular weight excluding hydrogens is 308 g/mol. The van der Waals surface area contributed by atoms with Crippen LogP contribution in [0.15, 0.2) is 18.3 Å². The lowest BCUT2D eigenvalue weighted by Gasteiger charge is -2.36. The Morgan fingerprint density at radius 3 is 2.62 bits per heavy atom. The van der Waals surface area contributed by atoms with Gasteiger partial charge in [-0.15, -0.1) is 0 Å². The van der Waals surface area contributed by atoms with Gasteiger partial charge in [-0.1, -0.05) is 6.07 Å². The van der Waals surface area contributed by atoms with E-state index in [0.717, 1.165) is 37.6 Å². The maximum absolute atomic E-state index is 11.8. The molecule has 2 aliphatic rings. The standard InChI is InChI=1S/C16H26N6O2/c1-11-9-22(10-12(2)24-11)15-4-3-13(5-17-15)6-18-16(23)21-14-7-19-20-8-14/h3-5,11-12,14,19-20H,6-10H2,1-2H3,(H2,18,21,23). The van der Waals surface area contributed by atoms with Crippen LogP contribution in [0, 0.1) is 0 Å². The molecule has 24 heavy (non-hydrogen) atoms. The molecule has 1 aromatic rings. The minimum atomic E-state index is -0.162. The van der Waals surface area contributed by atoms with E-state index in [9.17, 15) is 4.79 Å². The average Bonchev–Trinajstić information content (AvgIpc) is 3.05. The Hall–Kier alpha value is -1.90. The second-order valence-corrected chi connectivity index (χ2v) is 6.47. The van der Waals surface area contributed by atoms with Gasteiger partial charge < -0.3 is 20.3 Å². The molecule has 0 aromatic carbocycles. The SMILES string of the molecule is CC1CN(c2ccc(CNC(=O)NC3CNNC3)cn2)CC(C)O1. The molecule has 8 heteroatoms. The van der Waals surface area contributed by atoms with Crippen molar-refractivity contribution in [1.82, 2.24) is 26.5 Å². The Kier molecular flexibility index (Phi) is 5.49. The third kappa shape index (κ3) is 4.56. The molecule has 2 unspecified atom stereocenters. The highest BCUT2D eigenvalue weighted by atomic mass is 16.5. The molecule has 3 heterocycles. The number of rotatable bonds is 4. The van der Waals surface area contributed by atoms with Crippen molar-refractivity contribution in [1.29, 1.82) is 0 Å². The number of ether oxygens (including phenoxy) is 1. The van der Waals surface area contributed by atoms with E-state index in [0.29, 0.717) is 6.54 Å². The maximum atomic E-state index is 11.8. The van der Waals surface area contributed by atoms with E-state index in [-0.39, 0.29) is 24.3 Å². The number of hydrogen-bond acceptors (Lipinski definition) is 6. The molecule has 2 aliphatic heterocycles. The first kappa shape index (κ1) is 16.9. The van der Waals surface area contributed by atoms with Crippen molar-refractivity contribution >= 4 is 11.8 Å². The highest BCUT2D eigenvalue weighted by Gasteiger charge is 2.23. The van der Waals surface area contributed by atoms with Gasteiger partial charge in [-0.2, -0.15) is 0 Å². The molecule has 0 saturated carbocycles. The average molecular weight is 334 g/mol. The molecular formula is C16H26N6O2. The van der Waals surface area contributed by atoms with Crippen LogP contribution in [0.25, 0.3) is 0 Å². The van der Waals surface area contributed by atoms with Crippen LogP contribution in [0.3, 0.4) is 0 Å². The van der Waals surface area contributed by atoms with Crippen molar-refractivity contribution < 1.29 is 9.53 Å². The third-order valence-electron chi connectivity index (χ3n) is 4.16. The van der Waals surface area contributed by atoms with Crippen molar-refractivity contribution in [3.05, 3.63) is 23.9 Å². The highest BCUT2D eigenvalue weighted by molar-refractivity contribution is 5.74. The summed E-state index contributed by atoms with van der Waals surface area (Å²) in [5.41, 5.74) is 6.94. The summed E-state index contributed by atoms with van der Waals surface area (Å²) < 4.78 is 5.75. The van der Waals surface area contributed by atoms with E-state index in [2.05, 4.69) is 45.2 Å². The number of amides is 2. The van der Waals surface area contributed by atoms with Crippen molar-refractivity contribution in [2.75, 3.05) is 31.1 Å². The molecule has 0 bridgehead atoms. The van der Waals surface area contributed by atoms with Crippen LogP contribution in [0.5, 0.6) is 0 Å². The van der Waals surface area contributed by atoms with E-state index in [4.69, 9.17) is 4.74 Å². The van der Waals surface area contributed by atoms with Gasteiger partial charge in [0, 0.05) is 38.9 Å². The molecule has 3 rings (SSSR count). The summed E-state index contributed by atoms with van der Waals surface area (Å²) in [7, 11) is 0. The molecule has 0 radical (unpaired) electrons. The van der Waals surface area contributed by atoms with Gasteiger partial charge in [0.15, 0.2) is 0 Å². The number of pyridine rings is 1. The molecule has 2 amide bonds. The molecule has 2 atom stereocenters. The zero-order valence-corrected chi connectivity index (χ0v) is 14.2. The fraction of sp³-hybridized carbons (Fsp3) is 0.625. The number of urea groups is 1. The Morgan fingerprint density at radius 1 is 1.29 bits per heavy atom. The number of aromatic nitrogens is 1. The lowest BCUT2D eigenvalue weighted by Crippen LogP contribution is -2.45. The van der Waals surface area contributed by atoms with Crippen molar-refractivity contribution in [3.63, 3.8) is 0 Å². The summed E-state index contributed by atoms with van der Waals surface area (Å²) in [6.45, 7) is 7.79. The van der Waals surface area contributed by atoms with E-state index < -0.39 is 0 Å². The van der Waals surface area contributed by atoms with E-state index in [1.54, 1.807) is 0 Å². The number of hydrazine groups is 1. The number of carbonyl (C=O) groups excluding carboxylic acids is 1. The molecule has 2 fully saturated rings.